The molecule has 4 nitrogen and oxygen atoms in total. The Hall–Kier alpha value is -0.180. The third-order valence-corrected chi connectivity index (χ3v) is 5.27. The van der Waals surface area contributed by atoms with Gasteiger partial charge in [-0.2, -0.15) is 0 Å². The number of rotatable bonds is 5. The number of benzene rings is 1. The van der Waals surface area contributed by atoms with E-state index in [0.717, 1.165) is 23.0 Å². The van der Waals surface area contributed by atoms with Crippen molar-refractivity contribution in [2.24, 2.45) is 0 Å². The van der Waals surface area contributed by atoms with Crippen molar-refractivity contribution in [1.29, 1.82) is 0 Å². The average Bonchev–Trinajstić information content (AvgIpc) is 2.82. The van der Waals surface area contributed by atoms with Crippen molar-refractivity contribution in [2.45, 2.75) is 30.2 Å². The molecule has 1 aliphatic rings. The van der Waals surface area contributed by atoms with E-state index in [2.05, 4.69) is 32.6 Å². The van der Waals surface area contributed by atoms with Crippen molar-refractivity contribution in [1.82, 2.24) is 10.0 Å². The van der Waals surface area contributed by atoms with Crippen LogP contribution in [0.5, 0.6) is 0 Å². The first-order valence-electron chi connectivity index (χ1n) is 6.06. The summed E-state index contributed by atoms with van der Waals surface area (Å²) in [5.74, 6) is 0. The van der Waals surface area contributed by atoms with Crippen LogP contribution in [0.15, 0.2) is 29.2 Å². The summed E-state index contributed by atoms with van der Waals surface area (Å²) in [5.41, 5.74) is 0. The first-order valence-corrected chi connectivity index (χ1v) is 8.63. The highest BCUT2D eigenvalue weighted by Gasteiger charge is 2.16. The molecule has 0 aliphatic carbocycles. The van der Waals surface area contributed by atoms with E-state index >= 15 is 0 Å². The van der Waals surface area contributed by atoms with Gasteiger partial charge in [0.1, 0.15) is 0 Å². The minimum absolute atomic E-state index is 0.335. The Kier molecular flexibility index (Phi) is 4.99. The fourth-order valence-electron chi connectivity index (χ4n) is 2.07. The summed E-state index contributed by atoms with van der Waals surface area (Å²) in [6, 6.07) is 7.33. The zero-order chi connectivity index (χ0) is 13.0. The van der Waals surface area contributed by atoms with E-state index in [1.165, 1.54) is 6.42 Å². The molecular weight excluding hydrogens is 363 g/mol. The van der Waals surface area contributed by atoms with E-state index in [1.807, 2.05) is 0 Å². The normalized spacial score (nSPS) is 20.2. The van der Waals surface area contributed by atoms with Crippen LogP contribution >= 0.6 is 22.6 Å². The summed E-state index contributed by atoms with van der Waals surface area (Å²) in [4.78, 5) is 0.335. The largest absolute Gasteiger partial charge is 0.314 e. The van der Waals surface area contributed by atoms with Crippen LogP contribution in [-0.2, 0) is 10.0 Å². The lowest BCUT2D eigenvalue weighted by Gasteiger charge is -2.11. The predicted molar refractivity (Wildman–Crippen MR) is 80.0 cm³/mol. The molecule has 0 amide bonds. The van der Waals surface area contributed by atoms with Crippen LogP contribution in [0.25, 0.3) is 0 Å². The third kappa shape index (κ3) is 3.91. The molecular formula is C12H17IN2O2S. The maximum Gasteiger partial charge on any atom is 0.240 e. The van der Waals surface area contributed by atoms with Crippen LogP contribution in [0.2, 0.25) is 0 Å². The topological polar surface area (TPSA) is 58.2 Å². The van der Waals surface area contributed by atoms with Gasteiger partial charge in [0.2, 0.25) is 10.0 Å². The van der Waals surface area contributed by atoms with Crippen molar-refractivity contribution >= 4 is 32.6 Å². The summed E-state index contributed by atoms with van der Waals surface area (Å²) in [6.45, 7) is 1.54. The second-order valence-corrected chi connectivity index (χ2v) is 7.45. The van der Waals surface area contributed by atoms with Gasteiger partial charge in [-0.3, -0.25) is 0 Å². The average molecular weight is 380 g/mol. The molecule has 1 saturated heterocycles. The molecule has 1 aromatic rings. The van der Waals surface area contributed by atoms with Gasteiger partial charge in [-0.15, -0.1) is 0 Å². The summed E-state index contributed by atoms with van der Waals surface area (Å²) < 4.78 is 27.6. The van der Waals surface area contributed by atoms with Crippen molar-refractivity contribution in [2.75, 3.05) is 13.1 Å². The maximum atomic E-state index is 12.0. The quantitative estimate of drug-likeness (QED) is 0.765. The van der Waals surface area contributed by atoms with E-state index in [4.69, 9.17) is 0 Å². The van der Waals surface area contributed by atoms with E-state index in [-0.39, 0.29) is 0 Å². The fourth-order valence-corrected chi connectivity index (χ4v) is 3.47. The molecule has 1 heterocycles. The summed E-state index contributed by atoms with van der Waals surface area (Å²) in [5, 5.41) is 3.35. The fraction of sp³-hybridized carbons (Fsp3) is 0.500. The van der Waals surface area contributed by atoms with Gasteiger partial charge >= 0.3 is 0 Å². The highest BCUT2D eigenvalue weighted by molar-refractivity contribution is 14.1. The molecule has 0 radical (unpaired) electrons. The second-order valence-electron chi connectivity index (χ2n) is 4.43. The molecule has 0 bridgehead atoms. The molecule has 0 spiro atoms. The SMILES string of the molecule is O=S(=O)(NCCC1CCCN1)c1ccc(I)cc1. The minimum atomic E-state index is -3.35. The lowest BCUT2D eigenvalue weighted by molar-refractivity contribution is 0.539. The van der Waals surface area contributed by atoms with Gasteiger partial charge in [0, 0.05) is 16.2 Å². The highest BCUT2D eigenvalue weighted by Crippen LogP contribution is 2.12. The minimum Gasteiger partial charge on any atom is -0.314 e. The molecule has 1 aliphatic heterocycles. The highest BCUT2D eigenvalue weighted by atomic mass is 127. The van der Waals surface area contributed by atoms with Crippen LogP contribution < -0.4 is 10.0 Å². The van der Waals surface area contributed by atoms with Gasteiger partial charge in [-0.1, -0.05) is 0 Å². The lowest BCUT2D eigenvalue weighted by Crippen LogP contribution is -2.30. The first-order chi connectivity index (χ1) is 8.58. The van der Waals surface area contributed by atoms with Crippen molar-refractivity contribution in [3.05, 3.63) is 27.8 Å². The Labute approximate surface area is 122 Å². The van der Waals surface area contributed by atoms with Crippen molar-refractivity contribution in [3.8, 4) is 0 Å². The van der Waals surface area contributed by atoms with E-state index < -0.39 is 10.0 Å². The standard InChI is InChI=1S/C12H17IN2O2S/c13-10-3-5-12(6-4-10)18(16,17)15-9-7-11-2-1-8-14-11/h3-6,11,14-15H,1-2,7-9H2. The summed E-state index contributed by atoms with van der Waals surface area (Å²) in [7, 11) is -3.35. The number of hydrogen-bond acceptors (Lipinski definition) is 3. The van der Waals surface area contributed by atoms with E-state index in [1.54, 1.807) is 24.3 Å². The maximum absolute atomic E-state index is 12.0. The van der Waals surface area contributed by atoms with Crippen LogP contribution in [0, 0.1) is 3.57 Å². The monoisotopic (exact) mass is 380 g/mol. The summed E-state index contributed by atoms with van der Waals surface area (Å²) >= 11 is 2.16. The number of sulfonamides is 1. The Morgan fingerprint density at radius 1 is 1.33 bits per heavy atom. The van der Waals surface area contributed by atoms with Gasteiger partial charge in [0.15, 0.2) is 0 Å². The van der Waals surface area contributed by atoms with Gasteiger partial charge in [0.05, 0.1) is 4.90 Å². The van der Waals surface area contributed by atoms with Crippen LogP contribution in [0.4, 0.5) is 0 Å². The Morgan fingerprint density at radius 2 is 2.06 bits per heavy atom. The Bertz CT molecular complexity index is 481. The lowest BCUT2D eigenvalue weighted by atomic mass is 10.2. The molecule has 2 N–H and O–H groups in total. The zero-order valence-electron chi connectivity index (χ0n) is 10.0. The molecule has 2 rings (SSSR count). The Morgan fingerprint density at radius 3 is 2.67 bits per heavy atom. The van der Waals surface area contributed by atoms with E-state index in [0.29, 0.717) is 17.5 Å². The molecule has 6 heteroatoms. The molecule has 1 fully saturated rings. The molecule has 1 unspecified atom stereocenters. The van der Waals surface area contributed by atoms with Crippen LogP contribution in [0.3, 0.4) is 0 Å². The van der Waals surface area contributed by atoms with Gasteiger partial charge < -0.3 is 5.32 Å². The van der Waals surface area contributed by atoms with Crippen LogP contribution in [-0.4, -0.2) is 27.5 Å². The molecule has 0 aromatic heterocycles. The first kappa shape index (κ1) is 14.2. The van der Waals surface area contributed by atoms with Crippen LogP contribution in [0.1, 0.15) is 19.3 Å². The van der Waals surface area contributed by atoms with Gasteiger partial charge in [0.25, 0.3) is 0 Å². The van der Waals surface area contributed by atoms with Crippen molar-refractivity contribution in [3.63, 3.8) is 0 Å². The molecule has 1 aromatic carbocycles. The number of nitrogens with one attached hydrogen (secondary N) is 2. The third-order valence-electron chi connectivity index (χ3n) is 3.07. The Balaban J connectivity index is 1.88. The van der Waals surface area contributed by atoms with Gasteiger partial charge in [-0.25, -0.2) is 13.1 Å². The molecule has 0 saturated carbocycles. The van der Waals surface area contributed by atoms with E-state index in [9.17, 15) is 8.42 Å². The predicted octanol–water partition coefficient (Wildman–Crippen LogP) is 1.71. The van der Waals surface area contributed by atoms with Gasteiger partial charge in [-0.05, 0) is 72.7 Å². The number of halogens is 1. The molecule has 1 atom stereocenters. The number of hydrogen-bond donors (Lipinski definition) is 2. The second kappa shape index (κ2) is 6.31. The molecule has 100 valence electrons. The summed E-state index contributed by atoms with van der Waals surface area (Å²) in [6.07, 6.45) is 3.18. The zero-order valence-corrected chi connectivity index (χ0v) is 13.0. The van der Waals surface area contributed by atoms with Crippen molar-refractivity contribution < 1.29 is 8.42 Å². The smallest absolute Gasteiger partial charge is 0.240 e. The molecule has 18 heavy (non-hydrogen) atoms.